The van der Waals surface area contributed by atoms with E-state index in [9.17, 15) is 5.11 Å². The van der Waals surface area contributed by atoms with E-state index in [0.29, 0.717) is 19.7 Å². The first-order valence-corrected chi connectivity index (χ1v) is 8.77. The lowest BCUT2D eigenvalue weighted by Gasteiger charge is -2.24. The molecule has 0 radical (unpaired) electrons. The number of rotatable bonds is 10. The van der Waals surface area contributed by atoms with Crippen molar-refractivity contribution in [2.45, 2.75) is 32.7 Å². The number of aliphatic hydroxyl groups excluding tert-OH is 1. The van der Waals surface area contributed by atoms with Crippen LogP contribution in [0.5, 0.6) is 0 Å². The van der Waals surface area contributed by atoms with Crippen LogP contribution in [0.3, 0.4) is 0 Å². The van der Waals surface area contributed by atoms with E-state index in [2.05, 4.69) is 36.1 Å². The number of nitrogens with zero attached hydrogens (tertiary/aromatic N) is 1. The summed E-state index contributed by atoms with van der Waals surface area (Å²) >= 11 is 0. The van der Waals surface area contributed by atoms with E-state index in [4.69, 9.17) is 13.6 Å². The Hall–Kier alpha value is -2.34. The summed E-state index contributed by atoms with van der Waals surface area (Å²) in [5.74, 6) is 1.63. The first kappa shape index (κ1) is 18.5. The first-order valence-electron chi connectivity index (χ1n) is 8.77. The van der Waals surface area contributed by atoms with Gasteiger partial charge in [0.25, 0.3) is 0 Å². The van der Waals surface area contributed by atoms with Gasteiger partial charge in [-0.3, -0.25) is 4.90 Å². The van der Waals surface area contributed by atoms with Crippen LogP contribution in [-0.2, 0) is 24.4 Å². The van der Waals surface area contributed by atoms with Crippen molar-refractivity contribution in [2.75, 3.05) is 13.2 Å². The van der Waals surface area contributed by atoms with Crippen molar-refractivity contribution in [1.82, 2.24) is 4.90 Å². The molecule has 1 unspecified atom stereocenters. The van der Waals surface area contributed by atoms with Crippen molar-refractivity contribution in [1.29, 1.82) is 0 Å². The predicted molar refractivity (Wildman–Crippen MR) is 98.4 cm³/mol. The molecule has 0 fully saturated rings. The van der Waals surface area contributed by atoms with E-state index >= 15 is 0 Å². The van der Waals surface area contributed by atoms with E-state index in [1.165, 1.54) is 11.1 Å². The Morgan fingerprint density at radius 3 is 2.46 bits per heavy atom. The van der Waals surface area contributed by atoms with Gasteiger partial charge < -0.3 is 18.7 Å². The molecule has 3 aromatic rings. The average Bonchev–Trinajstić information content (AvgIpc) is 3.28. The molecule has 0 aliphatic rings. The third kappa shape index (κ3) is 5.88. The Bertz CT molecular complexity index is 752. The van der Waals surface area contributed by atoms with E-state index in [-0.39, 0.29) is 6.61 Å². The minimum Gasteiger partial charge on any atom is -0.468 e. The molecule has 1 N–H and O–H groups in total. The van der Waals surface area contributed by atoms with Crippen molar-refractivity contribution in [2.24, 2.45) is 0 Å². The van der Waals surface area contributed by atoms with Crippen LogP contribution in [0.25, 0.3) is 0 Å². The average molecular weight is 355 g/mol. The van der Waals surface area contributed by atoms with Gasteiger partial charge in [0.1, 0.15) is 18.1 Å². The predicted octanol–water partition coefficient (Wildman–Crippen LogP) is 3.76. The molecular formula is C21H25NO4. The van der Waals surface area contributed by atoms with Gasteiger partial charge >= 0.3 is 0 Å². The van der Waals surface area contributed by atoms with Crippen LogP contribution >= 0.6 is 0 Å². The Kier molecular flexibility index (Phi) is 6.66. The molecule has 0 aliphatic carbocycles. The van der Waals surface area contributed by atoms with Gasteiger partial charge in [-0.1, -0.05) is 29.8 Å². The molecule has 1 atom stereocenters. The van der Waals surface area contributed by atoms with Crippen molar-refractivity contribution in [3.63, 3.8) is 0 Å². The third-order valence-electron chi connectivity index (χ3n) is 4.05. The smallest absolute Gasteiger partial charge is 0.129 e. The monoisotopic (exact) mass is 355 g/mol. The molecule has 138 valence electrons. The molecule has 0 amide bonds. The Morgan fingerprint density at radius 1 is 1.00 bits per heavy atom. The first-order chi connectivity index (χ1) is 12.7. The van der Waals surface area contributed by atoms with Crippen LogP contribution in [0.1, 0.15) is 22.6 Å². The normalized spacial score (nSPS) is 12.6. The maximum Gasteiger partial charge on any atom is 0.129 e. The number of aliphatic hydroxyl groups is 1. The van der Waals surface area contributed by atoms with Crippen molar-refractivity contribution < 1.29 is 18.7 Å². The fourth-order valence-corrected chi connectivity index (χ4v) is 2.92. The summed E-state index contributed by atoms with van der Waals surface area (Å²) in [5.41, 5.74) is 2.43. The van der Waals surface area contributed by atoms with Crippen LogP contribution in [0.2, 0.25) is 0 Å². The fraction of sp³-hybridized carbons (Fsp3) is 0.333. The summed E-state index contributed by atoms with van der Waals surface area (Å²) in [6, 6.07) is 15.9. The molecular weight excluding hydrogens is 330 g/mol. The zero-order valence-corrected chi connectivity index (χ0v) is 15.0. The summed E-state index contributed by atoms with van der Waals surface area (Å²) in [6.45, 7) is 4.56. The molecule has 0 spiro atoms. The molecule has 0 bridgehead atoms. The highest BCUT2D eigenvalue weighted by Crippen LogP contribution is 2.13. The van der Waals surface area contributed by atoms with Crippen molar-refractivity contribution in [3.05, 3.63) is 83.7 Å². The highest BCUT2D eigenvalue weighted by molar-refractivity contribution is 5.22. The van der Waals surface area contributed by atoms with Gasteiger partial charge in [0.05, 0.1) is 31.8 Å². The highest BCUT2D eigenvalue weighted by atomic mass is 16.5. The number of ether oxygens (including phenoxy) is 1. The summed E-state index contributed by atoms with van der Waals surface area (Å²) < 4.78 is 16.2. The standard InChI is InChI=1S/C21H25NO4/c1-17-5-2-6-18(11-17)12-22(14-20-7-3-9-25-20)13-19(23)15-24-16-21-8-4-10-26-21/h2-11,19,23H,12-16H2,1H3. The van der Waals surface area contributed by atoms with Gasteiger partial charge in [0.15, 0.2) is 0 Å². The molecule has 3 rings (SSSR count). The van der Waals surface area contributed by atoms with Crippen LogP contribution < -0.4 is 0 Å². The zero-order valence-electron chi connectivity index (χ0n) is 15.0. The molecule has 0 aliphatic heterocycles. The minimum absolute atomic E-state index is 0.253. The van der Waals surface area contributed by atoms with Crippen LogP contribution in [0.15, 0.2) is 69.9 Å². The molecule has 5 nitrogen and oxygen atoms in total. The number of furan rings is 2. The SMILES string of the molecule is Cc1cccc(CN(Cc2ccco2)CC(O)COCc2ccco2)c1. The van der Waals surface area contributed by atoms with Gasteiger partial charge in [0.2, 0.25) is 0 Å². The summed E-state index contributed by atoms with van der Waals surface area (Å²) in [4.78, 5) is 2.16. The lowest BCUT2D eigenvalue weighted by Crippen LogP contribution is -2.34. The summed E-state index contributed by atoms with van der Waals surface area (Å²) in [5, 5.41) is 10.4. The Morgan fingerprint density at radius 2 is 1.77 bits per heavy atom. The Balaban J connectivity index is 1.55. The van der Waals surface area contributed by atoms with E-state index < -0.39 is 6.10 Å². The maximum absolute atomic E-state index is 10.4. The van der Waals surface area contributed by atoms with Crippen molar-refractivity contribution in [3.8, 4) is 0 Å². The van der Waals surface area contributed by atoms with Crippen LogP contribution in [0.4, 0.5) is 0 Å². The second-order valence-electron chi connectivity index (χ2n) is 6.49. The van der Waals surface area contributed by atoms with Gasteiger partial charge in [-0.05, 0) is 36.8 Å². The number of hydrogen-bond donors (Lipinski definition) is 1. The van der Waals surface area contributed by atoms with Crippen molar-refractivity contribution >= 4 is 0 Å². The van der Waals surface area contributed by atoms with Crippen LogP contribution in [0, 0.1) is 6.92 Å². The maximum atomic E-state index is 10.4. The number of aryl methyl sites for hydroxylation is 1. The molecule has 0 saturated heterocycles. The van der Waals surface area contributed by atoms with E-state index in [1.54, 1.807) is 12.5 Å². The molecule has 5 heteroatoms. The van der Waals surface area contributed by atoms with E-state index in [0.717, 1.165) is 18.1 Å². The fourth-order valence-electron chi connectivity index (χ4n) is 2.92. The number of benzene rings is 1. The number of hydrogen-bond acceptors (Lipinski definition) is 5. The molecule has 2 aromatic heterocycles. The lowest BCUT2D eigenvalue weighted by molar-refractivity contribution is 0.00163. The zero-order chi connectivity index (χ0) is 18.2. The summed E-state index contributed by atoms with van der Waals surface area (Å²) in [7, 11) is 0. The second kappa shape index (κ2) is 9.38. The highest BCUT2D eigenvalue weighted by Gasteiger charge is 2.15. The third-order valence-corrected chi connectivity index (χ3v) is 4.05. The van der Waals surface area contributed by atoms with Gasteiger partial charge in [-0.25, -0.2) is 0 Å². The Labute approximate surface area is 153 Å². The van der Waals surface area contributed by atoms with Crippen LogP contribution in [-0.4, -0.2) is 29.3 Å². The van der Waals surface area contributed by atoms with Gasteiger partial charge in [0, 0.05) is 13.1 Å². The summed E-state index contributed by atoms with van der Waals surface area (Å²) in [6.07, 6.45) is 2.69. The second-order valence-corrected chi connectivity index (χ2v) is 6.49. The quantitative estimate of drug-likeness (QED) is 0.600. The lowest BCUT2D eigenvalue weighted by atomic mass is 10.1. The van der Waals surface area contributed by atoms with Gasteiger partial charge in [-0.15, -0.1) is 0 Å². The van der Waals surface area contributed by atoms with Gasteiger partial charge in [-0.2, -0.15) is 0 Å². The molecule has 1 aromatic carbocycles. The topological polar surface area (TPSA) is 59.0 Å². The molecule has 2 heterocycles. The molecule has 26 heavy (non-hydrogen) atoms. The minimum atomic E-state index is -0.593. The van der Waals surface area contributed by atoms with E-state index in [1.807, 2.05) is 24.3 Å². The molecule has 0 saturated carbocycles. The largest absolute Gasteiger partial charge is 0.468 e.